The smallest absolute Gasteiger partial charge is 0.323 e. The number of phenols is 2. The second-order valence-electron chi connectivity index (χ2n) is 5.09. The quantitative estimate of drug-likeness (QED) is 0.523. The number of carbonyl (C=O) groups excluding carboxylic acids is 2. The molecule has 7 nitrogen and oxygen atoms in total. The van der Waals surface area contributed by atoms with Crippen LogP contribution < -0.4 is 5.73 Å². The summed E-state index contributed by atoms with van der Waals surface area (Å²) >= 11 is 0. The Morgan fingerprint density at radius 3 is 2.22 bits per heavy atom. The fourth-order valence-corrected chi connectivity index (χ4v) is 1.76. The van der Waals surface area contributed by atoms with Gasteiger partial charge in [-0.1, -0.05) is 6.07 Å². The van der Waals surface area contributed by atoms with Crippen LogP contribution in [0.2, 0.25) is 0 Å². The molecule has 0 radical (unpaired) electrons. The van der Waals surface area contributed by atoms with Crippen molar-refractivity contribution in [1.29, 1.82) is 0 Å². The molecule has 0 saturated heterocycles. The number of nitrogens with two attached hydrogens (primary N) is 1. The van der Waals surface area contributed by atoms with Crippen LogP contribution in [0.15, 0.2) is 18.2 Å². The molecule has 1 aromatic carbocycles. The largest absolute Gasteiger partial charge is 0.504 e. The summed E-state index contributed by atoms with van der Waals surface area (Å²) in [5.74, 6) is -1.63. The lowest BCUT2D eigenvalue weighted by Gasteiger charge is -2.22. The molecule has 0 aliphatic rings. The fourth-order valence-electron chi connectivity index (χ4n) is 1.76. The predicted octanol–water partition coefficient (Wildman–Crippen LogP) is 1.27. The normalized spacial score (nSPS) is 14.1. The van der Waals surface area contributed by atoms with Gasteiger partial charge in [0.2, 0.25) is 0 Å². The zero-order valence-electron chi connectivity index (χ0n) is 13.2. The number of benzene rings is 1. The molecule has 0 unspecified atom stereocenters. The second-order valence-corrected chi connectivity index (χ2v) is 5.09. The maximum atomic E-state index is 11.9. The number of ether oxygens (including phenoxy) is 2. The van der Waals surface area contributed by atoms with Crippen molar-refractivity contribution >= 4 is 24.3 Å². The summed E-state index contributed by atoms with van der Waals surface area (Å²) in [5.41, 5.74) is 6.34. The predicted molar refractivity (Wildman–Crippen MR) is 85.5 cm³/mol. The van der Waals surface area contributed by atoms with Crippen molar-refractivity contribution < 1.29 is 29.3 Å². The molecule has 23 heavy (non-hydrogen) atoms. The number of hydrogen-bond donors (Lipinski definition) is 3. The minimum atomic E-state index is -0.934. The van der Waals surface area contributed by atoms with Crippen LogP contribution in [0.1, 0.15) is 26.3 Å². The zero-order chi connectivity index (χ0) is 16.9. The summed E-state index contributed by atoms with van der Waals surface area (Å²) in [6.07, 6.45) is -1.07. The summed E-state index contributed by atoms with van der Waals surface area (Å²) in [6, 6.07) is 3.25. The van der Waals surface area contributed by atoms with Gasteiger partial charge in [0.1, 0.15) is 18.2 Å². The number of esters is 2. The first-order chi connectivity index (χ1) is 10.2. The number of rotatable bonds is 6. The van der Waals surface area contributed by atoms with Crippen molar-refractivity contribution in [2.75, 3.05) is 0 Å². The molecular formula is C15H22ClNO6. The van der Waals surface area contributed by atoms with Crippen molar-refractivity contribution in [3.8, 4) is 11.5 Å². The summed E-state index contributed by atoms with van der Waals surface area (Å²) < 4.78 is 10.1. The fraction of sp³-hybridized carbons (Fsp3) is 0.467. The molecule has 0 aliphatic heterocycles. The highest BCUT2D eigenvalue weighted by atomic mass is 35.5. The molecule has 130 valence electrons. The third-order valence-electron chi connectivity index (χ3n) is 3.11. The molecule has 0 spiro atoms. The molecule has 8 heteroatoms. The lowest BCUT2D eigenvalue weighted by atomic mass is 10.1. The molecule has 0 fully saturated rings. The Hall–Kier alpha value is -1.99. The molecule has 4 N–H and O–H groups in total. The molecule has 1 aromatic rings. The molecule has 0 heterocycles. The van der Waals surface area contributed by atoms with Gasteiger partial charge in [-0.2, -0.15) is 0 Å². The molecule has 0 aromatic heterocycles. The Bertz CT molecular complexity index is 551. The van der Waals surface area contributed by atoms with E-state index in [0.717, 1.165) is 0 Å². The summed E-state index contributed by atoms with van der Waals surface area (Å²) in [4.78, 5) is 22.7. The number of halogens is 1. The monoisotopic (exact) mass is 347 g/mol. The molecule has 0 bridgehead atoms. The van der Waals surface area contributed by atoms with Gasteiger partial charge in [0.15, 0.2) is 11.5 Å². The first-order valence-corrected chi connectivity index (χ1v) is 6.84. The van der Waals surface area contributed by atoms with E-state index in [9.17, 15) is 19.8 Å². The van der Waals surface area contributed by atoms with Gasteiger partial charge >= 0.3 is 11.9 Å². The summed E-state index contributed by atoms with van der Waals surface area (Å²) in [5, 5.41) is 18.6. The Morgan fingerprint density at radius 1 is 1.13 bits per heavy atom. The van der Waals surface area contributed by atoms with Crippen LogP contribution in [0, 0.1) is 0 Å². The van der Waals surface area contributed by atoms with E-state index in [4.69, 9.17) is 15.2 Å². The topological polar surface area (TPSA) is 119 Å². The minimum Gasteiger partial charge on any atom is -0.504 e. The van der Waals surface area contributed by atoms with Crippen molar-refractivity contribution in [3.05, 3.63) is 23.8 Å². The average Bonchev–Trinajstić information content (AvgIpc) is 2.41. The van der Waals surface area contributed by atoms with Gasteiger partial charge < -0.3 is 25.4 Å². The third kappa shape index (κ3) is 6.75. The van der Waals surface area contributed by atoms with Crippen molar-refractivity contribution in [3.63, 3.8) is 0 Å². The molecule has 0 saturated carbocycles. The number of carbonyl (C=O) groups is 2. The van der Waals surface area contributed by atoms with Crippen LogP contribution in [0.4, 0.5) is 0 Å². The maximum absolute atomic E-state index is 11.9. The molecule has 3 atom stereocenters. The average molecular weight is 348 g/mol. The number of phenolic OH excluding ortho intramolecular Hbond substituents is 2. The van der Waals surface area contributed by atoms with E-state index in [1.54, 1.807) is 19.9 Å². The van der Waals surface area contributed by atoms with Crippen LogP contribution in [-0.2, 0) is 25.5 Å². The third-order valence-corrected chi connectivity index (χ3v) is 3.11. The molecule has 0 amide bonds. The minimum absolute atomic E-state index is 0. The first-order valence-electron chi connectivity index (χ1n) is 6.84. The van der Waals surface area contributed by atoms with E-state index in [1.807, 2.05) is 0 Å². The van der Waals surface area contributed by atoms with Crippen LogP contribution in [0.5, 0.6) is 11.5 Å². The van der Waals surface area contributed by atoms with Gasteiger partial charge in [0.25, 0.3) is 0 Å². The number of aromatic hydroxyl groups is 2. The van der Waals surface area contributed by atoms with Crippen LogP contribution in [-0.4, -0.2) is 40.4 Å². The lowest BCUT2D eigenvalue weighted by molar-refractivity contribution is -0.164. The van der Waals surface area contributed by atoms with E-state index in [0.29, 0.717) is 5.56 Å². The molecular weight excluding hydrogens is 326 g/mol. The van der Waals surface area contributed by atoms with Gasteiger partial charge in [0, 0.05) is 6.92 Å². The van der Waals surface area contributed by atoms with Gasteiger partial charge in [-0.3, -0.25) is 9.59 Å². The Balaban J connectivity index is 0.00000484. The SMILES string of the molecule is CC(=O)O[C@H](C)[C@@H](C)OC(=O)[C@@H](N)Cc1ccc(O)c(O)c1.Cl. The van der Waals surface area contributed by atoms with Crippen molar-refractivity contribution in [1.82, 2.24) is 0 Å². The Labute approximate surface area is 140 Å². The van der Waals surface area contributed by atoms with Gasteiger partial charge in [-0.25, -0.2) is 0 Å². The number of hydrogen-bond acceptors (Lipinski definition) is 7. The molecule has 0 aliphatic carbocycles. The lowest BCUT2D eigenvalue weighted by Crippen LogP contribution is -2.39. The van der Waals surface area contributed by atoms with E-state index in [-0.39, 0.29) is 30.3 Å². The van der Waals surface area contributed by atoms with Crippen molar-refractivity contribution in [2.24, 2.45) is 5.73 Å². The Morgan fingerprint density at radius 2 is 1.70 bits per heavy atom. The van der Waals surface area contributed by atoms with Crippen LogP contribution >= 0.6 is 12.4 Å². The highest BCUT2D eigenvalue weighted by Crippen LogP contribution is 2.25. The van der Waals surface area contributed by atoms with Gasteiger partial charge in [0.05, 0.1) is 0 Å². The highest BCUT2D eigenvalue weighted by molar-refractivity contribution is 5.85. The van der Waals surface area contributed by atoms with E-state index in [1.165, 1.54) is 19.1 Å². The Kier molecular flexibility index (Phi) is 8.42. The van der Waals surface area contributed by atoms with E-state index >= 15 is 0 Å². The van der Waals surface area contributed by atoms with Crippen LogP contribution in [0.3, 0.4) is 0 Å². The maximum Gasteiger partial charge on any atom is 0.323 e. The zero-order valence-corrected chi connectivity index (χ0v) is 14.0. The van der Waals surface area contributed by atoms with Gasteiger partial charge in [-0.05, 0) is 38.0 Å². The van der Waals surface area contributed by atoms with E-state index in [2.05, 4.69) is 0 Å². The first kappa shape index (κ1) is 21.0. The summed E-state index contributed by atoms with van der Waals surface area (Å²) in [7, 11) is 0. The van der Waals surface area contributed by atoms with Crippen LogP contribution in [0.25, 0.3) is 0 Å². The highest BCUT2D eigenvalue weighted by Gasteiger charge is 2.23. The molecule has 1 rings (SSSR count). The van der Waals surface area contributed by atoms with Crippen molar-refractivity contribution in [2.45, 2.75) is 45.4 Å². The van der Waals surface area contributed by atoms with Gasteiger partial charge in [-0.15, -0.1) is 12.4 Å². The standard InChI is InChI=1S/C15H21NO6.ClH/c1-8(21-10(3)17)9(2)22-15(20)12(16)6-11-4-5-13(18)14(19)7-11;/h4-5,7-9,12,18-19H,6,16H2,1-3H3;1H/t8-,9-,12+;/m1./s1. The summed E-state index contributed by atoms with van der Waals surface area (Å²) in [6.45, 7) is 4.49. The second kappa shape index (κ2) is 9.22. The van der Waals surface area contributed by atoms with E-state index < -0.39 is 30.2 Å².